The fraction of sp³-hybridized carbons (Fsp3) is 0.143. The lowest BCUT2D eigenvalue weighted by molar-refractivity contribution is -0.117. The number of anilines is 1. The van der Waals surface area contributed by atoms with Crippen LogP contribution in [0.5, 0.6) is 0 Å². The van der Waals surface area contributed by atoms with E-state index in [1.807, 2.05) is 11.4 Å². The van der Waals surface area contributed by atoms with E-state index in [0.29, 0.717) is 34.1 Å². The highest BCUT2D eigenvalue weighted by molar-refractivity contribution is 7.14. The summed E-state index contributed by atoms with van der Waals surface area (Å²) in [7, 11) is 0. The Balaban J connectivity index is 1.74. The lowest BCUT2D eigenvalue weighted by Gasteiger charge is -2.14. The summed E-state index contributed by atoms with van der Waals surface area (Å²) in [5.74, 6) is -0.257. The first-order chi connectivity index (χ1) is 10.6. The number of halogens is 2. The number of benzene rings is 1. The number of rotatable bonds is 3. The van der Waals surface area contributed by atoms with Crippen molar-refractivity contribution in [2.45, 2.75) is 0 Å². The van der Waals surface area contributed by atoms with Gasteiger partial charge in [-0.2, -0.15) is 0 Å². The number of hydrogen-bond donors (Lipinski definition) is 1. The van der Waals surface area contributed by atoms with Crippen molar-refractivity contribution >= 4 is 45.6 Å². The van der Waals surface area contributed by atoms with Crippen LogP contribution in [-0.4, -0.2) is 24.1 Å². The maximum atomic E-state index is 12.0. The summed E-state index contributed by atoms with van der Waals surface area (Å²) in [6, 6.07) is 5.25. The summed E-state index contributed by atoms with van der Waals surface area (Å²) in [5.41, 5.74) is 1.52. The standard InChI is InChI=1S/C14H10Cl2N2O3S/c15-9-2-1-8(5-10(9)16)11-7-22-14(17-11)18-13(19)12-6-20-3-4-21-12/h1-2,5-7H,3-4H2,(H,17,18,19). The highest BCUT2D eigenvalue weighted by Crippen LogP contribution is 2.30. The molecule has 2 heterocycles. The first-order valence-electron chi connectivity index (χ1n) is 6.30. The van der Waals surface area contributed by atoms with Gasteiger partial charge in [-0.25, -0.2) is 4.98 Å². The highest BCUT2D eigenvalue weighted by Gasteiger charge is 2.17. The van der Waals surface area contributed by atoms with Crippen LogP contribution in [0, 0.1) is 0 Å². The van der Waals surface area contributed by atoms with Gasteiger partial charge in [0.15, 0.2) is 5.13 Å². The highest BCUT2D eigenvalue weighted by atomic mass is 35.5. The van der Waals surface area contributed by atoms with E-state index in [9.17, 15) is 4.79 Å². The van der Waals surface area contributed by atoms with Gasteiger partial charge in [-0.05, 0) is 12.1 Å². The third kappa shape index (κ3) is 3.35. The third-order valence-corrected chi connectivity index (χ3v) is 4.31. The van der Waals surface area contributed by atoms with Crippen LogP contribution in [0.2, 0.25) is 10.0 Å². The van der Waals surface area contributed by atoms with Gasteiger partial charge in [-0.15, -0.1) is 11.3 Å². The Labute approximate surface area is 140 Å². The summed E-state index contributed by atoms with van der Waals surface area (Å²) < 4.78 is 10.2. The summed E-state index contributed by atoms with van der Waals surface area (Å²) in [5, 5.41) is 5.88. The van der Waals surface area contributed by atoms with E-state index in [2.05, 4.69) is 10.3 Å². The van der Waals surface area contributed by atoms with Gasteiger partial charge in [0.1, 0.15) is 19.5 Å². The number of aromatic nitrogens is 1. The van der Waals surface area contributed by atoms with E-state index in [0.717, 1.165) is 5.56 Å². The van der Waals surface area contributed by atoms with Crippen molar-refractivity contribution in [3.63, 3.8) is 0 Å². The van der Waals surface area contributed by atoms with Gasteiger partial charge < -0.3 is 9.47 Å². The fourth-order valence-electron chi connectivity index (χ4n) is 1.77. The molecule has 3 rings (SSSR count). The zero-order chi connectivity index (χ0) is 15.5. The van der Waals surface area contributed by atoms with E-state index in [-0.39, 0.29) is 5.76 Å². The van der Waals surface area contributed by atoms with Crippen LogP contribution in [0.3, 0.4) is 0 Å². The number of nitrogens with one attached hydrogen (secondary N) is 1. The van der Waals surface area contributed by atoms with Crippen LogP contribution in [0.4, 0.5) is 5.13 Å². The quantitative estimate of drug-likeness (QED) is 0.904. The molecule has 0 spiro atoms. The molecule has 8 heteroatoms. The fourth-order valence-corrected chi connectivity index (χ4v) is 2.78. The monoisotopic (exact) mass is 356 g/mol. The zero-order valence-electron chi connectivity index (χ0n) is 11.1. The molecule has 2 aromatic rings. The Morgan fingerprint density at radius 2 is 2.14 bits per heavy atom. The van der Waals surface area contributed by atoms with Gasteiger partial charge in [0, 0.05) is 10.9 Å². The van der Waals surface area contributed by atoms with Crippen molar-refractivity contribution in [2.75, 3.05) is 18.5 Å². The molecular formula is C14H10Cl2N2O3S. The third-order valence-electron chi connectivity index (χ3n) is 2.81. The van der Waals surface area contributed by atoms with Gasteiger partial charge in [0.25, 0.3) is 5.91 Å². The SMILES string of the molecule is O=C(Nc1nc(-c2ccc(Cl)c(Cl)c2)cs1)C1=COCCO1. The summed E-state index contributed by atoms with van der Waals surface area (Å²) >= 11 is 13.2. The first-order valence-corrected chi connectivity index (χ1v) is 7.94. The molecule has 5 nitrogen and oxygen atoms in total. The molecule has 0 radical (unpaired) electrons. The molecule has 0 saturated heterocycles. The Hall–Kier alpha value is -1.76. The minimum atomic E-state index is -0.394. The van der Waals surface area contributed by atoms with E-state index < -0.39 is 5.91 Å². The summed E-state index contributed by atoms with van der Waals surface area (Å²) in [4.78, 5) is 16.3. The van der Waals surface area contributed by atoms with Crippen LogP contribution in [0.25, 0.3) is 11.3 Å². The Bertz CT molecular complexity index is 745. The first kappa shape index (κ1) is 15.1. The Morgan fingerprint density at radius 3 is 2.86 bits per heavy atom. The summed E-state index contributed by atoms with van der Waals surface area (Å²) in [6.45, 7) is 0.793. The predicted molar refractivity (Wildman–Crippen MR) is 86.2 cm³/mol. The minimum absolute atomic E-state index is 0.137. The second-order valence-electron chi connectivity index (χ2n) is 4.32. The van der Waals surface area contributed by atoms with E-state index in [4.69, 9.17) is 32.7 Å². The van der Waals surface area contributed by atoms with Crippen LogP contribution < -0.4 is 5.32 Å². The van der Waals surface area contributed by atoms with E-state index >= 15 is 0 Å². The largest absolute Gasteiger partial charge is 0.494 e. The number of ether oxygens (including phenoxy) is 2. The van der Waals surface area contributed by atoms with Gasteiger partial charge in [0.05, 0.1) is 15.7 Å². The molecule has 0 aliphatic carbocycles. The lowest BCUT2D eigenvalue weighted by Crippen LogP contribution is -2.21. The molecule has 0 bridgehead atoms. The molecular weight excluding hydrogens is 347 g/mol. The number of carbonyl (C=O) groups is 1. The van der Waals surface area contributed by atoms with Crippen molar-refractivity contribution in [3.05, 3.63) is 45.6 Å². The second-order valence-corrected chi connectivity index (χ2v) is 5.99. The van der Waals surface area contributed by atoms with Crippen LogP contribution in [-0.2, 0) is 14.3 Å². The van der Waals surface area contributed by atoms with Crippen molar-refractivity contribution in [1.29, 1.82) is 0 Å². The number of carbonyl (C=O) groups excluding carboxylic acids is 1. The average Bonchev–Trinajstić information content (AvgIpc) is 2.99. The molecule has 1 aromatic heterocycles. The molecule has 0 atom stereocenters. The van der Waals surface area contributed by atoms with E-state index in [1.165, 1.54) is 17.6 Å². The van der Waals surface area contributed by atoms with Gasteiger partial charge in [-0.1, -0.05) is 29.3 Å². The van der Waals surface area contributed by atoms with Gasteiger partial charge in [-0.3, -0.25) is 10.1 Å². The minimum Gasteiger partial charge on any atom is -0.494 e. The molecule has 0 saturated carbocycles. The molecule has 1 aromatic carbocycles. The Morgan fingerprint density at radius 1 is 1.27 bits per heavy atom. The predicted octanol–water partition coefficient (Wildman–Crippen LogP) is 3.94. The van der Waals surface area contributed by atoms with E-state index in [1.54, 1.807) is 12.1 Å². The van der Waals surface area contributed by atoms with Crippen LogP contribution >= 0.6 is 34.5 Å². The van der Waals surface area contributed by atoms with Crippen molar-refractivity contribution in [3.8, 4) is 11.3 Å². The Kier molecular flexibility index (Phi) is 4.52. The number of amides is 1. The van der Waals surface area contributed by atoms with Crippen LogP contribution in [0.1, 0.15) is 0 Å². The number of hydrogen-bond acceptors (Lipinski definition) is 5. The molecule has 0 fully saturated rings. The molecule has 1 N–H and O–H groups in total. The molecule has 22 heavy (non-hydrogen) atoms. The maximum Gasteiger partial charge on any atom is 0.295 e. The molecule has 114 valence electrons. The number of nitrogens with zero attached hydrogens (tertiary/aromatic N) is 1. The summed E-state index contributed by atoms with van der Waals surface area (Å²) in [6.07, 6.45) is 1.30. The lowest BCUT2D eigenvalue weighted by atomic mass is 10.2. The van der Waals surface area contributed by atoms with Gasteiger partial charge in [0.2, 0.25) is 5.76 Å². The van der Waals surface area contributed by atoms with Crippen molar-refractivity contribution in [2.24, 2.45) is 0 Å². The maximum absolute atomic E-state index is 12.0. The topological polar surface area (TPSA) is 60.5 Å². The van der Waals surface area contributed by atoms with Crippen LogP contribution in [0.15, 0.2) is 35.6 Å². The second kappa shape index (κ2) is 6.56. The molecule has 1 aliphatic rings. The molecule has 1 aliphatic heterocycles. The molecule has 1 amide bonds. The van der Waals surface area contributed by atoms with Gasteiger partial charge >= 0.3 is 0 Å². The normalized spacial score (nSPS) is 13.8. The average molecular weight is 357 g/mol. The molecule has 0 unspecified atom stereocenters. The zero-order valence-corrected chi connectivity index (χ0v) is 13.5. The van der Waals surface area contributed by atoms with Crippen molar-refractivity contribution < 1.29 is 14.3 Å². The number of thiazole rings is 1. The van der Waals surface area contributed by atoms with Crippen molar-refractivity contribution in [1.82, 2.24) is 4.98 Å². The smallest absolute Gasteiger partial charge is 0.295 e.